The fraction of sp³-hybridized carbons (Fsp3) is 0.333. The average molecular weight is 305 g/mol. The molecular formula is C12H14ClFN2O2S. The van der Waals surface area contributed by atoms with Crippen molar-refractivity contribution in [1.29, 1.82) is 0 Å². The molecule has 0 aromatic heterocycles. The summed E-state index contributed by atoms with van der Waals surface area (Å²) in [5.74, 6) is 1.45. The molecule has 0 amide bonds. The lowest BCUT2D eigenvalue weighted by molar-refractivity contribution is 0.556. The molecule has 0 aliphatic rings. The van der Waals surface area contributed by atoms with Crippen LogP contribution in [0.1, 0.15) is 19.3 Å². The molecule has 0 aliphatic carbocycles. The van der Waals surface area contributed by atoms with Gasteiger partial charge in [0.25, 0.3) is 0 Å². The normalized spacial score (nSPS) is 11.2. The third-order valence-electron chi connectivity index (χ3n) is 2.36. The molecular weight excluding hydrogens is 291 g/mol. The minimum absolute atomic E-state index is 0.0617. The number of nitrogens with one attached hydrogen (secondary N) is 1. The summed E-state index contributed by atoms with van der Waals surface area (Å²) in [6, 6.07) is 2.18. The van der Waals surface area contributed by atoms with E-state index in [1.54, 1.807) is 0 Å². The molecule has 0 atom stereocenters. The van der Waals surface area contributed by atoms with Crippen molar-refractivity contribution < 1.29 is 12.8 Å². The molecule has 3 N–H and O–H groups in total. The number of benzene rings is 1. The van der Waals surface area contributed by atoms with E-state index in [4.69, 9.17) is 23.8 Å². The van der Waals surface area contributed by atoms with Gasteiger partial charge >= 0.3 is 0 Å². The maximum atomic E-state index is 13.7. The van der Waals surface area contributed by atoms with E-state index in [0.29, 0.717) is 19.3 Å². The van der Waals surface area contributed by atoms with Crippen molar-refractivity contribution in [3.8, 4) is 12.3 Å². The highest BCUT2D eigenvalue weighted by atomic mass is 35.5. The van der Waals surface area contributed by atoms with E-state index in [-0.39, 0.29) is 17.3 Å². The van der Waals surface area contributed by atoms with Gasteiger partial charge in [-0.25, -0.2) is 17.5 Å². The van der Waals surface area contributed by atoms with Gasteiger partial charge in [0.05, 0.1) is 5.69 Å². The molecule has 0 unspecified atom stereocenters. The van der Waals surface area contributed by atoms with Gasteiger partial charge in [0.15, 0.2) is 5.82 Å². The van der Waals surface area contributed by atoms with Crippen LogP contribution in [-0.2, 0) is 10.0 Å². The molecule has 0 spiro atoms. The highest BCUT2D eigenvalue weighted by Crippen LogP contribution is 2.25. The van der Waals surface area contributed by atoms with Crippen LogP contribution in [0.5, 0.6) is 0 Å². The molecule has 0 aliphatic heterocycles. The van der Waals surface area contributed by atoms with Crippen molar-refractivity contribution >= 4 is 27.3 Å². The Balaban J connectivity index is 2.81. The number of halogens is 2. The van der Waals surface area contributed by atoms with Crippen molar-refractivity contribution in [2.24, 2.45) is 0 Å². The summed E-state index contributed by atoms with van der Waals surface area (Å²) < 4.78 is 39.7. The first kappa shape index (κ1) is 15.8. The van der Waals surface area contributed by atoms with Crippen LogP contribution in [-0.4, -0.2) is 15.0 Å². The number of nitrogens with two attached hydrogens (primary N) is 1. The van der Waals surface area contributed by atoms with E-state index in [1.165, 1.54) is 0 Å². The topological polar surface area (TPSA) is 72.2 Å². The molecule has 0 fully saturated rings. The van der Waals surface area contributed by atoms with Gasteiger partial charge in [0.1, 0.15) is 4.90 Å². The van der Waals surface area contributed by atoms with E-state index in [2.05, 4.69) is 10.6 Å². The molecule has 0 radical (unpaired) electrons. The lowest BCUT2D eigenvalue weighted by Gasteiger charge is -2.09. The summed E-state index contributed by atoms with van der Waals surface area (Å²) >= 11 is 5.67. The van der Waals surface area contributed by atoms with Gasteiger partial charge in [0, 0.05) is 18.0 Å². The van der Waals surface area contributed by atoms with Gasteiger partial charge in [0.2, 0.25) is 10.0 Å². The molecule has 1 aromatic rings. The number of anilines is 1. The SMILES string of the molecule is C#CCCCCNS(=O)(=O)c1cc(Cl)cc(N)c1F. The lowest BCUT2D eigenvalue weighted by Crippen LogP contribution is -2.26. The molecule has 104 valence electrons. The molecule has 0 bridgehead atoms. The monoisotopic (exact) mass is 304 g/mol. The van der Waals surface area contributed by atoms with Crippen LogP contribution in [0.2, 0.25) is 5.02 Å². The van der Waals surface area contributed by atoms with Crippen molar-refractivity contribution in [2.75, 3.05) is 12.3 Å². The molecule has 19 heavy (non-hydrogen) atoms. The Morgan fingerprint density at radius 3 is 2.74 bits per heavy atom. The Hall–Kier alpha value is -1.29. The van der Waals surface area contributed by atoms with Crippen LogP contribution in [0.3, 0.4) is 0 Å². The predicted octanol–water partition coefficient (Wildman–Crippen LogP) is 2.14. The van der Waals surface area contributed by atoms with Gasteiger partial charge in [-0.2, -0.15) is 0 Å². The van der Waals surface area contributed by atoms with Gasteiger partial charge in [-0.05, 0) is 25.0 Å². The van der Waals surface area contributed by atoms with Gasteiger partial charge in [-0.15, -0.1) is 12.3 Å². The van der Waals surface area contributed by atoms with Crippen LogP contribution in [0, 0.1) is 18.2 Å². The molecule has 1 rings (SSSR count). The zero-order chi connectivity index (χ0) is 14.5. The summed E-state index contributed by atoms with van der Waals surface area (Å²) in [5.41, 5.74) is 5.03. The smallest absolute Gasteiger partial charge is 0.243 e. The minimum atomic E-state index is -3.96. The van der Waals surface area contributed by atoms with Crippen molar-refractivity contribution in [2.45, 2.75) is 24.2 Å². The number of hydrogen-bond acceptors (Lipinski definition) is 3. The van der Waals surface area contributed by atoms with E-state index in [0.717, 1.165) is 12.1 Å². The predicted molar refractivity (Wildman–Crippen MR) is 73.7 cm³/mol. The Morgan fingerprint density at radius 1 is 1.42 bits per heavy atom. The highest BCUT2D eigenvalue weighted by Gasteiger charge is 2.21. The van der Waals surface area contributed by atoms with Crippen LogP contribution >= 0.6 is 11.6 Å². The Labute approximate surface area is 117 Å². The number of sulfonamides is 1. The highest BCUT2D eigenvalue weighted by molar-refractivity contribution is 7.89. The number of unbranched alkanes of at least 4 members (excludes halogenated alkanes) is 2. The van der Waals surface area contributed by atoms with Gasteiger partial charge < -0.3 is 5.73 Å². The second-order valence-electron chi connectivity index (χ2n) is 3.87. The largest absolute Gasteiger partial charge is 0.396 e. The molecule has 0 saturated heterocycles. The van der Waals surface area contributed by atoms with Crippen molar-refractivity contribution in [3.63, 3.8) is 0 Å². The maximum absolute atomic E-state index is 13.7. The number of rotatable bonds is 6. The van der Waals surface area contributed by atoms with E-state index < -0.39 is 20.7 Å². The van der Waals surface area contributed by atoms with Gasteiger partial charge in [-0.3, -0.25) is 0 Å². The maximum Gasteiger partial charge on any atom is 0.243 e. The van der Waals surface area contributed by atoms with E-state index >= 15 is 0 Å². The second kappa shape index (κ2) is 6.75. The molecule has 0 saturated carbocycles. The first-order chi connectivity index (χ1) is 8.88. The number of hydrogen-bond donors (Lipinski definition) is 2. The molecule has 0 heterocycles. The fourth-order valence-corrected chi connectivity index (χ4v) is 2.91. The first-order valence-corrected chi connectivity index (χ1v) is 7.42. The first-order valence-electron chi connectivity index (χ1n) is 5.56. The summed E-state index contributed by atoms with van der Waals surface area (Å²) in [7, 11) is -3.96. The zero-order valence-electron chi connectivity index (χ0n) is 10.1. The molecule has 7 heteroatoms. The standard InChI is InChI=1S/C12H14ClFN2O2S/c1-2-3-4-5-6-16-19(17,18)11-8-9(13)7-10(15)12(11)14/h1,7-8,16H,3-6,15H2. The van der Waals surface area contributed by atoms with Crippen LogP contribution < -0.4 is 10.5 Å². The Morgan fingerprint density at radius 2 is 2.11 bits per heavy atom. The quantitative estimate of drug-likeness (QED) is 0.480. The average Bonchev–Trinajstić information content (AvgIpc) is 2.33. The summed E-state index contributed by atoms with van der Waals surface area (Å²) in [4.78, 5) is -0.547. The Bertz CT molecular complexity index is 596. The molecule has 4 nitrogen and oxygen atoms in total. The summed E-state index contributed by atoms with van der Waals surface area (Å²) in [6.07, 6.45) is 6.91. The summed E-state index contributed by atoms with van der Waals surface area (Å²) in [5, 5.41) is 0.0617. The minimum Gasteiger partial charge on any atom is -0.396 e. The zero-order valence-corrected chi connectivity index (χ0v) is 11.7. The lowest BCUT2D eigenvalue weighted by atomic mass is 10.2. The fourth-order valence-electron chi connectivity index (χ4n) is 1.42. The Kier molecular flexibility index (Phi) is 5.60. The van der Waals surface area contributed by atoms with Crippen LogP contribution in [0.15, 0.2) is 17.0 Å². The van der Waals surface area contributed by atoms with Crippen molar-refractivity contribution in [3.05, 3.63) is 23.0 Å². The van der Waals surface area contributed by atoms with E-state index in [9.17, 15) is 12.8 Å². The second-order valence-corrected chi connectivity index (χ2v) is 6.04. The van der Waals surface area contributed by atoms with E-state index in [1.807, 2.05) is 0 Å². The summed E-state index contributed by atoms with van der Waals surface area (Å²) in [6.45, 7) is 0.176. The third kappa shape index (κ3) is 4.39. The number of terminal acetylenes is 1. The van der Waals surface area contributed by atoms with Crippen molar-refractivity contribution in [1.82, 2.24) is 4.72 Å². The third-order valence-corrected chi connectivity index (χ3v) is 4.04. The van der Waals surface area contributed by atoms with Crippen LogP contribution in [0.25, 0.3) is 0 Å². The van der Waals surface area contributed by atoms with Gasteiger partial charge in [-0.1, -0.05) is 11.6 Å². The van der Waals surface area contributed by atoms with Crippen LogP contribution in [0.4, 0.5) is 10.1 Å². The molecule has 1 aromatic carbocycles. The number of nitrogen functional groups attached to an aromatic ring is 1.